The first kappa shape index (κ1) is 19.4. The van der Waals surface area contributed by atoms with Crippen molar-refractivity contribution in [3.63, 3.8) is 0 Å². The molecule has 1 atom stereocenters. The number of hydrogen-bond acceptors (Lipinski definition) is 4. The van der Waals surface area contributed by atoms with Gasteiger partial charge in [-0.1, -0.05) is 25.3 Å². The number of rotatable bonds is 6. The van der Waals surface area contributed by atoms with Gasteiger partial charge in [-0.3, -0.25) is 9.88 Å². The van der Waals surface area contributed by atoms with Crippen molar-refractivity contribution in [2.75, 3.05) is 32.8 Å². The highest BCUT2D eigenvalue weighted by molar-refractivity contribution is 5.08. The first-order chi connectivity index (χ1) is 13.4. The van der Waals surface area contributed by atoms with Gasteiger partial charge in [-0.25, -0.2) is 0 Å². The van der Waals surface area contributed by atoms with Crippen molar-refractivity contribution < 1.29 is 4.74 Å². The molecule has 3 heterocycles. The second-order valence-electron chi connectivity index (χ2n) is 8.93. The molecule has 0 amide bonds. The van der Waals surface area contributed by atoms with Crippen molar-refractivity contribution >= 4 is 0 Å². The molecule has 1 aliphatic carbocycles. The molecule has 1 aromatic rings. The topological polar surface area (TPSA) is 28.6 Å². The van der Waals surface area contributed by atoms with E-state index in [9.17, 15) is 0 Å². The molecular weight excluding hydrogens is 334 g/mol. The molecule has 3 fully saturated rings. The predicted octanol–water partition coefficient (Wildman–Crippen LogP) is 4.11. The van der Waals surface area contributed by atoms with Crippen LogP contribution in [0.5, 0.6) is 0 Å². The standard InChI is InChI=1S/C23H37N3O/c1-2-8-22(9-3-1)25-13-5-7-21(18-25)19-26(23-10-14-27-15-11-23)17-20-6-4-12-24-16-20/h4,6,12,16,21-23H,1-3,5,7-11,13-15,17-19H2/t21-/m0/s1. The van der Waals surface area contributed by atoms with Crippen molar-refractivity contribution in [3.8, 4) is 0 Å². The first-order valence-corrected chi connectivity index (χ1v) is 11.3. The van der Waals surface area contributed by atoms with E-state index in [4.69, 9.17) is 4.74 Å². The van der Waals surface area contributed by atoms with E-state index in [1.807, 2.05) is 12.4 Å². The van der Waals surface area contributed by atoms with E-state index in [-0.39, 0.29) is 0 Å². The summed E-state index contributed by atoms with van der Waals surface area (Å²) in [4.78, 5) is 9.95. The van der Waals surface area contributed by atoms with E-state index in [1.54, 1.807) is 0 Å². The molecule has 0 aromatic carbocycles. The maximum Gasteiger partial charge on any atom is 0.0480 e. The third-order valence-electron chi connectivity index (χ3n) is 6.95. The second-order valence-corrected chi connectivity index (χ2v) is 8.93. The summed E-state index contributed by atoms with van der Waals surface area (Å²) >= 11 is 0. The van der Waals surface area contributed by atoms with Crippen LogP contribution in [0.15, 0.2) is 24.5 Å². The number of pyridine rings is 1. The van der Waals surface area contributed by atoms with Crippen LogP contribution in [-0.4, -0.2) is 59.7 Å². The lowest BCUT2D eigenvalue weighted by molar-refractivity contribution is 0.0136. The van der Waals surface area contributed by atoms with Gasteiger partial charge in [0.15, 0.2) is 0 Å². The van der Waals surface area contributed by atoms with Gasteiger partial charge >= 0.3 is 0 Å². The molecule has 0 radical (unpaired) electrons. The Morgan fingerprint density at radius 2 is 1.89 bits per heavy atom. The van der Waals surface area contributed by atoms with Crippen molar-refractivity contribution in [1.82, 2.24) is 14.8 Å². The van der Waals surface area contributed by atoms with Crippen molar-refractivity contribution in [3.05, 3.63) is 30.1 Å². The Labute approximate surface area is 165 Å². The molecule has 4 heteroatoms. The molecule has 2 aliphatic heterocycles. The zero-order chi connectivity index (χ0) is 18.3. The summed E-state index contributed by atoms with van der Waals surface area (Å²) in [6.45, 7) is 6.78. The highest BCUT2D eigenvalue weighted by atomic mass is 16.5. The summed E-state index contributed by atoms with van der Waals surface area (Å²) in [7, 11) is 0. The monoisotopic (exact) mass is 371 g/mol. The number of hydrogen-bond donors (Lipinski definition) is 0. The molecular formula is C23H37N3O. The van der Waals surface area contributed by atoms with E-state index in [2.05, 4.69) is 26.9 Å². The van der Waals surface area contributed by atoms with Crippen LogP contribution < -0.4 is 0 Å². The molecule has 3 aliphatic rings. The largest absolute Gasteiger partial charge is 0.381 e. The Balaban J connectivity index is 1.38. The Kier molecular flexibility index (Phi) is 7.16. The summed E-state index contributed by atoms with van der Waals surface area (Å²) in [6.07, 6.45) is 16.3. The summed E-state index contributed by atoms with van der Waals surface area (Å²) in [6, 6.07) is 5.85. The van der Waals surface area contributed by atoms with E-state index >= 15 is 0 Å². The van der Waals surface area contributed by atoms with Gasteiger partial charge in [-0.15, -0.1) is 0 Å². The lowest BCUT2D eigenvalue weighted by atomic mass is 9.89. The molecule has 0 N–H and O–H groups in total. The number of piperidine rings is 1. The van der Waals surface area contributed by atoms with E-state index in [0.29, 0.717) is 6.04 Å². The lowest BCUT2D eigenvalue weighted by Gasteiger charge is -2.43. The van der Waals surface area contributed by atoms with Crippen LogP contribution in [0, 0.1) is 5.92 Å². The Morgan fingerprint density at radius 3 is 2.67 bits per heavy atom. The fourth-order valence-electron chi connectivity index (χ4n) is 5.47. The number of ether oxygens (including phenoxy) is 1. The smallest absolute Gasteiger partial charge is 0.0480 e. The summed E-state index contributed by atoms with van der Waals surface area (Å²) in [5.74, 6) is 0.820. The number of nitrogens with zero attached hydrogens (tertiary/aromatic N) is 3. The van der Waals surface area contributed by atoms with Gasteiger partial charge in [0.1, 0.15) is 0 Å². The van der Waals surface area contributed by atoms with Crippen LogP contribution in [0.4, 0.5) is 0 Å². The molecule has 4 nitrogen and oxygen atoms in total. The fourth-order valence-corrected chi connectivity index (χ4v) is 5.47. The van der Waals surface area contributed by atoms with Gasteiger partial charge in [-0.2, -0.15) is 0 Å². The van der Waals surface area contributed by atoms with Gasteiger partial charge in [0.2, 0.25) is 0 Å². The summed E-state index contributed by atoms with van der Waals surface area (Å²) in [5, 5.41) is 0. The highest BCUT2D eigenvalue weighted by Crippen LogP contribution is 2.28. The summed E-state index contributed by atoms with van der Waals surface area (Å²) < 4.78 is 5.64. The molecule has 4 rings (SSSR count). The zero-order valence-electron chi connectivity index (χ0n) is 16.9. The normalized spacial score (nSPS) is 26.5. The van der Waals surface area contributed by atoms with Crippen molar-refractivity contribution in [2.24, 2.45) is 5.92 Å². The minimum absolute atomic E-state index is 0.670. The molecule has 1 aromatic heterocycles. The predicted molar refractivity (Wildman–Crippen MR) is 110 cm³/mol. The molecule has 27 heavy (non-hydrogen) atoms. The average Bonchev–Trinajstić information content (AvgIpc) is 2.75. The second kappa shape index (κ2) is 9.99. The van der Waals surface area contributed by atoms with Gasteiger partial charge in [0, 0.05) is 57.3 Å². The van der Waals surface area contributed by atoms with Crippen molar-refractivity contribution in [2.45, 2.75) is 76.4 Å². The van der Waals surface area contributed by atoms with Crippen LogP contribution in [0.25, 0.3) is 0 Å². The lowest BCUT2D eigenvalue weighted by Crippen LogP contribution is -2.48. The molecule has 150 valence electrons. The Hall–Kier alpha value is -0.970. The Morgan fingerprint density at radius 1 is 1.04 bits per heavy atom. The SMILES string of the molecule is c1cncc(CN(C[C@H]2CCCN(C3CCCCC3)C2)C2CCOCC2)c1. The number of likely N-dealkylation sites (tertiary alicyclic amines) is 1. The van der Waals surface area contributed by atoms with Gasteiger partial charge in [0.25, 0.3) is 0 Å². The molecule has 0 spiro atoms. The van der Waals surface area contributed by atoms with Crippen LogP contribution >= 0.6 is 0 Å². The molecule has 0 unspecified atom stereocenters. The summed E-state index contributed by atoms with van der Waals surface area (Å²) in [5.41, 5.74) is 1.35. The van der Waals surface area contributed by atoms with Crippen molar-refractivity contribution in [1.29, 1.82) is 0 Å². The Bertz CT molecular complexity index is 540. The average molecular weight is 372 g/mol. The maximum atomic E-state index is 5.64. The van der Waals surface area contributed by atoms with Crippen LogP contribution in [0.3, 0.4) is 0 Å². The van der Waals surface area contributed by atoms with E-state index < -0.39 is 0 Å². The van der Waals surface area contributed by atoms with Gasteiger partial charge in [0.05, 0.1) is 0 Å². The first-order valence-electron chi connectivity index (χ1n) is 11.3. The number of aromatic nitrogens is 1. The van der Waals surface area contributed by atoms with Gasteiger partial charge in [-0.05, 0) is 62.6 Å². The third kappa shape index (κ3) is 5.52. The minimum Gasteiger partial charge on any atom is -0.381 e. The van der Waals surface area contributed by atoms with Crippen LogP contribution in [0.1, 0.15) is 63.4 Å². The quantitative estimate of drug-likeness (QED) is 0.752. The van der Waals surface area contributed by atoms with Crippen LogP contribution in [0.2, 0.25) is 0 Å². The zero-order valence-corrected chi connectivity index (χ0v) is 16.9. The third-order valence-corrected chi connectivity index (χ3v) is 6.95. The maximum absolute atomic E-state index is 5.64. The highest BCUT2D eigenvalue weighted by Gasteiger charge is 2.30. The molecule has 2 saturated heterocycles. The molecule has 0 bridgehead atoms. The van der Waals surface area contributed by atoms with E-state index in [0.717, 1.165) is 31.7 Å². The van der Waals surface area contributed by atoms with E-state index in [1.165, 1.54) is 83.0 Å². The van der Waals surface area contributed by atoms with Crippen LogP contribution in [-0.2, 0) is 11.3 Å². The minimum atomic E-state index is 0.670. The fraction of sp³-hybridized carbons (Fsp3) is 0.783. The van der Waals surface area contributed by atoms with Gasteiger partial charge < -0.3 is 9.64 Å². The molecule has 1 saturated carbocycles.